The van der Waals surface area contributed by atoms with Gasteiger partial charge in [0, 0.05) is 34.1 Å². The van der Waals surface area contributed by atoms with Crippen molar-refractivity contribution in [1.82, 2.24) is 4.90 Å². The Morgan fingerprint density at radius 1 is 1.08 bits per heavy atom. The highest BCUT2D eigenvalue weighted by molar-refractivity contribution is 9.10. The van der Waals surface area contributed by atoms with Gasteiger partial charge in [-0.05, 0) is 42.7 Å². The van der Waals surface area contributed by atoms with Gasteiger partial charge in [0.15, 0.2) is 6.61 Å². The molecule has 26 heavy (non-hydrogen) atoms. The summed E-state index contributed by atoms with van der Waals surface area (Å²) in [6.45, 7) is 2.39. The first-order valence-corrected chi connectivity index (χ1v) is 10.1. The molecule has 1 heterocycles. The summed E-state index contributed by atoms with van der Waals surface area (Å²) in [5.41, 5.74) is 1.26. The molecule has 136 valence electrons. The molecule has 0 saturated carbocycles. The van der Waals surface area contributed by atoms with Crippen LogP contribution in [0.4, 0.5) is 0 Å². The summed E-state index contributed by atoms with van der Waals surface area (Å²) in [6, 6.07) is 15.8. The van der Waals surface area contributed by atoms with E-state index in [0.29, 0.717) is 12.8 Å². The average molecular weight is 480 g/mol. The SMILES string of the molecule is N#CCOc1cc(Br)ccc1CN1CCC(O)(c2ccc(Br)cc2)CC1. The monoisotopic (exact) mass is 478 g/mol. The van der Waals surface area contributed by atoms with E-state index >= 15 is 0 Å². The van der Waals surface area contributed by atoms with E-state index in [1.807, 2.05) is 48.5 Å². The first-order chi connectivity index (χ1) is 12.5. The van der Waals surface area contributed by atoms with Crippen molar-refractivity contribution in [3.8, 4) is 11.8 Å². The predicted molar refractivity (Wildman–Crippen MR) is 108 cm³/mol. The van der Waals surface area contributed by atoms with Gasteiger partial charge in [0.25, 0.3) is 0 Å². The van der Waals surface area contributed by atoms with Gasteiger partial charge >= 0.3 is 0 Å². The van der Waals surface area contributed by atoms with Gasteiger partial charge in [0.2, 0.25) is 0 Å². The number of ether oxygens (including phenoxy) is 1. The number of halogens is 2. The summed E-state index contributed by atoms with van der Waals surface area (Å²) in [5, 5.41) is 19.8. The Kier molecular flexibility index (Phi) is 6.36. The molecule has 0 aliphatic carbocycles. The van der Waals surface area contributed by atoms with Crippen LogP contribution in [0.1, 0.15) is 24.0 Å². The molecule has 6 heteroatoms. The second-order valence-corrected chi connectivity index (χ2v) is 8.34. The van der Waals surface area contributed by atoms with E-state index in [0.717, 1.165) is 45.5 Å². The molecule has 0 unspecified atom stereocenters. The number of hydrogen-bond donors (Lipinski definition) is 1. The van der Waals surface area contributed by atoms with Crippen molar-refractivity contribution >= 4 is 31.9 Å². The van der Waals surface area contributed by atoms with E-state index in [2.05, 4.69) is 36.8 Å². The van der Waals surface area contributed by atoms with Gasteiger partial charge < -0.3 is 9.84 Å². The zero-order valence-electron chi connectivity index (χ0n) is 14.3. The number of benzene rings is 2. The average Bonchev–Trinajstić information content (AvgIpc) is 2.64. The van der Waals surface area contributed by atoms with Crippen LogP contribution in [0.2, 0.25) is 0 Å². The smallest absolute Gasteiger partial charge is 0.174 e. The molecule has 0 radical (unpaired) electrons. The summed E-state index contributed by atoms with van der Waals surface area (Å²) in [6.07, 6.45) is 1.39. The highest BCUT2D eigenvalue weighted by atomic mass is 79.9. The summed E-state index contributed by atoms with van der Waals surface area (Å²) in [4.78, 5) is 2.32. The molecule has 1 aliphatic heterocycles. The number of likely N-dealkylation sites (tertiary alicyclic amines) is 1. The lowest BCUT2D eigenvalue weighted by molar-refractivity contribution is -0.0278. The largest absolute Gasteiger partial charge is 0.478 e. The molecule has 1 N–H and O–H groups in total. The summed E-state index contributed by atoms with van der Waals surface area (Å²) < 4.78 is 7.50. The third-order valence-electron chi connectivity index (χ3n) is 4.78. The summed E-state index contributed by atoms with van der Waals surface area (Å²) >= 11 is 6.88. The van der Waals surface area contributed by atoms with Crippen LogP contribution < -0.4 is 4.74 Å². The molecule has 3 rings (SSSR count). The van der Waals surface area contributed by atoms with Crippen LogP contribution in [0, 0.1) is 11.3 Å². The van der Waals surface area contributed by atoms with Crippen LogP contribution in [0.5, 0.6) is 5.75 Å². The van der Waals surface area contributed by atoms with Crippen molar-refractivity contribution in [2.45, 2.75) is 25.0 Å². The van der Waals surface area contributed by atoms with Crippen molar-refractivity contribution in [2.24, 2.45) is 0 Å². The number of piperidine rings is 1. The summed E-state index contributed by atoms with van der Waals surface area (Å²) in [5.74, 6) is 0.731. The van der Waals surface area contributed by atoms with Crippen molar-refractivity contribution in [3.05, 3.63) is 62.5 Å². The van der Waals surface area contributed by atoms with Crippen LogP contribution in [0.15, 0.2) is 51.4 Å². The van der Waals surface area contributed by atoms with Gasteiger partial charge in [0.05, 0.1) is 5.60 Å². The van der Waals surface area contributed by atoms with Crippen molar-refractivity contribution in [1.29, 1.82) is 5.26 Å². The lowest BCUT2D eigenvalue weighted by Crippen LogP contribution is -2.42. The Labute approximate surface area is 170 Å². The van der Waals surface area contributed by atoms with Crippen LogP contribution in [-0.2, 0) is 12.1 Å². The minimum absolute atomic E-state index is 0.0345. The lowest BCUT2D eigenvalue weighted by atomic mass is 9.84. The predicted octanol–water partition coefficient (Wildman–Crippen LogP) is 4.60. The van der Waals surface area contributed by atoms with E-state index < -0.39 is 5.60 Å². The van der Waals surface area contributed by atoms with Crippen molar-refractivity contribution in [3.63, 3.8) is 0 Å². The van der Waals surface area contributed by atoms with Gasteiger partial charge in [-0.2, -0.15) is 5.26 Å². The third-order valence-corrected chi connectivity index (χ3v) is 5.80. The molecule has 2 aromatic rings. The number of rotatable bonds is 5. The molecule has 0 bridgehead atoms. The molecule has 1 aliphatic rings. The Morgan fingerprint density at radius 3 is 2.38 bits per heavy atom. The minimum Gasteiger partial charge on any atom is -0.478 e. The zero-order valence-corrected chi connectivity index (χ0v) is 17.5. The Hall–Kier alpha value is -1.39. The van der Waals surface area contributed by atoms with E-state index in [1.54, 1.807) is 0 Å². The van der Waals surface area contributed by atoms with Gasteiger partial charge in [-0.25, -0.2) is 0 Å². The maximum absolute atomic E-state index is 11.0. The second-order valence-electron chi connectivity index (χ2n) is 6.51. The molecule has 0 amide bonds. The quantitative estimate of drug-likeness (QED) is 0.680. The second kappa shape index (κ2) is 8.53. The molecule has 0 aromatic heterocycles. The number of nitrogens with zero attached hydrogens (tertiary/aromatic N) is 2. The fraction of sp³-hybridized carbons (Fsp3) is 0.350. The highest BCUT2D eigenvalue weighted by Crippen LogP contribution is 2.34. The Bertz CT molecular complexity index is 794. The van der Waals surface area contributed by atoms with E-state index in [1.165, 1.54) is 0 Å². The van der Waals surface area contributed by atoms with Gasteiger partial charge in [0.1, 0.15) is 11.8 Å². The van der Waals surface area contributed by atoms with Crippen LogP contribution in [-0.4, -0.2) is 29.7 Å². The van der Waals surface area contributed by atoms with E-state index in [-0.39, 0.29) is 6.61 Å². The Morgan fingerprint density at radius 2 is 1.73 bits per heavy atom. The Balaban J connectivity index is 1.66. The maximum atomic E-state index is 11.0. The standard InChI is InChI=1S/C20H20Br2N2O2/c21-17-5-2-16(3-6-17)20(25)7-10-24(11-8-20)14-15-1-4-18(22)13-19(15)26-12-9-23/h1-6,13,25H,7-8,10-12,14H2. The first-order valence-electron chi connectivity index (χ1n) is 8.49. The maximum Gasteiger partial charge on any atom is 0.174 e. The highest BCUT2D eigenvalue weighted by Gasteiger charge is 2.34. The van der Waals surface area contributed by atoms with Crippen molar-refractivity contribution in [2.75, 3.05) is 19.7 Å². The number of hydrogen-bond acceptors (Lipinski definition) is 4. The zero-order chi connectivity index (χ0) is 18.6. The normalized spacial score (nSPS) is 16.8. The van der Waals surface area contributed by atoms with Gasteiger partial charge in [-0.15, -0.1) is 0 Å². The van der Waals surface area contributed by atoms with Gasteiger partial charge in [-0.3, -0.25) is 4.90 Å². The molecular weight excluding hydrogens is 460 g/mol. The fourth-order valence-corrected chi connectivity index (χ4v) is 3.88. The molecule has 4 nitrogen and oxygen atoms in total. The molecule has 2 aromatic carbocycles. The lowest BCUT2D eigenvalue weighted by Gasteiger charge is -2.38. The van der Waals surface area contributed by atoms with E-state index in [4.69, 9.17) is 10.00 Å². The molecule has 1 fully saturated rings. The molecule has 0 atom stereocenters. The minimum atomic E-state index is -0.767. The first kappa shape index (κ1) is 19.4. The van der Waals surface area contributed by atoms with E-state index in [9.17, 15) is 5.11 Å². The third kappa shape index (κ3) is 4.66. The fourth-order valence-electron chi connectivity index (χ4n) is 3.27. The molecular formula is C20H20Br2N2O2. The topological polar surface area (TPSA) is 56.5 Å². The van der Waals surface area contributed by atoms with Gasteiger partial charge in [-0.1, -0.05) is 50.1 Å². The number of nitriles is 1. The van der Waals surface area contributed by atoms with Crippen LogP contribution in [0.25, 0.3) is 0 Å². The van der Waals surface area contributed by atoms with Crippen LogP contribution >= 0.6 is 31.9 Å². The molecule has 0 spiro atoms. The summed E-state index contributed by atoms with van der Waals surface area (Å²) in [7, 11) is 0. The van der Waals surface area contributed by atoms with Crippen molar-refractivity contribution < 1.29 is 9.84 Å². The van der Waals surface area contributed by atoms with Crippen LogP contribution in [0.3, 0.4) is 0 Å². The molecule has 1 saturated heterocycles. The number of aliphatic hydroxyl groups is 1.